The van der Waals surface area contributed by atoms with Crippen molar-refractivity contribution < 1.29 is 4.79 Å². The van der Waals surface area contributed by atoms with Gasteiger partial charge in [-0.25, -0.2) is 10.2 Å². The van der Waals surface area contributed by atoms with Gasteiger partial charge in [-0.2, -0.15) is 16.9 Å². The minimum atomic E-state index is -0.161. The molecule has 1 N–H and O–H groups in total. The molecule has 0 aromatic carbocycles. The van der Waals surface area contributed by atoms with Crippen LogP contribution < -0.4 is 5.43 Å². The Morgan fingerprint density at radius 1 is 1.46 bits per heavy atom. The molecule has 0 aliphatic carbocycles. The molecule has 0 aromatic heterocycles. The van der Waals surface area contributed by atoms with Gasteiger partial charge in [-0.1, -0.05) is 0 Å². The Morgan fingerprint density at radius 2 is 2.08 bits per heavy atom. The van der Waals surface area contributed by atoms with E-state index in [1.54, 1.807) is 14.1 Å². The van der Waals surface area contributed by atoms with Crippen molar-refractivity contribution >= 4 is 23.5 Å². The van der Waals surface area contributed by atoms with Gasteiger partial charge in [-0.15, -0.1) is 0 Å². The summed E-state index contributed by atoms with van der Waals surface area (Å²) < 4.78 is 0. The number of hydrogen-bond donors (Lipinski definition) is 1. The zero-order valence-electron chi connectivity index (χ0n) is 8.04. The first kappa shape index (κ1) is 10.4. The largest absolute Gasteiger partial charge is 0.337 e. The third-order valence-corrected chi connectivity index (χ3v) is 2.77. The summed E-state index contributed by atoms with van der Waals surface area (Å²) in [5.41, 5.74) is 3.62. The van der Waals surface area contributed by atoms with Crippen molar-refractivity contribution in [3.8, 4) is 0 Å². The second-order valence-electron chi connectivity index (χ2n) is 3.10. The van der Waals surface area contributed by atoms with E-state index in [0.29, 0.717) is 0 Å². The fraction of sp³-hybridized carbons (Fsp3) is 0.750. The maximum absolute atomic E-state index is 11.1. The average Bonchev–Trinajstić information content (AvgIpc) is 2.15. The zero-order chi connectivity index (χ0) is 9.68. The van der Waals surface area contributed by atoms with E-state index in [1.807, 2.05) is 11.8 Å². The molecule has 0 aromatic rings. The van der Waals surface area contributed by atoms with Crippen LogP contribution >= 0.6 is 11.8 Å². The number of carbonyl (C=O) groups is 1. The number of nitrogens with one attached hydrogen (secondary N) is 1. The van der Waals surface area contributed by atoms with Crippen LogP contribution in [0.5, 0.6) is 0 Å². The van der Waals surface area contributed by atoms with E-state index >= 15 is 0 Å². The van der Waals surface area contributed by atoms with Gasteiger partial charge in [0.15, 0.2) is 0 Å². The fourth-order valence-electron chi connectivity index (χ4n) is 0.946. The normalized spacial score (nSPS) is 16.6. The molecule has 0 unspecified atom stereocenters. The first-order valence-electron chi connectivity index (χ1n) is 4.30. The minimum absolute atomic E-state index is 0.161. The van der Waals surface area contributed by atoms with E-state index in [2.05, 4.69) is 10.5 Å². The molecule has 0 saturated carbocycles. The molecule has 0 radical (unpaired) electrons. The van der Waals surface area contributed by atoms with Gasteiger partial charge >= 0.3 is 6.03 Å². The minimum Gasteiger partial charge on any atom is -0.329 e. The number of thioether (sulfide) groups is 1. The highest BCUT2D eigenvalue weighted by atomic mass is 32.2. The summed E-state index contributed by atoms with van der Waals surface area (Å²) in [5, 5.41) is 4.07. The molecule has 1 aliphatic heterocycles. The third kappa shape index (κ3) is 3.67. The van der Waals surface area contributed by atoms with Crippen molar-refractivity contribution in [1.82, 2.24) is 10.3 Å². The lowest BCUT2D eigenvalue weighted by molar-refractivity contribution is 0.218. The van der Waals surface area contributed by atoms with Crippen LogP contribution in [0.1, 0.15) is 12.8 Å². The molecule has 0 atom stereocenters. The van der Waals surface area contributed by atoms with Crippen molar-refractivity contribution in [2.45, 2.75) is 12.8 Å². The summed E-state index contributed by atoms with van der Waals surface area (Å²) in [4.78, 5) is 12.6. The molecular formula is C8H15N3OS. The Morgan fingerprint density at radius 3 is 2.62 bits per heavy atom. The van der Waals surface area contributed by atoms with Crippen molar-refractivity contribution in [3.05, 3.63) is 0 Å². The molecule has 1 fully saturated rings. The summed E-state index contributed by atoms with van der Waals surface area (Å²) in [6.45, 7) is 0. The molecular weight excluding hydrogens is 186 g/mol. The topological polar surface area (TPSA) is 44.7 Å². The van der Waals surface area contributed by atoms with Crippen molar-refractivity contribution in [1.29, 1.82) is 0 Å². The second kappa shape index (κ2) is 5.11. The summed E-state index contributed by atoms with van der Waals surface area (Å²) in [7, 11) is 3.40. The molecule has 1 saturated heterocycles. The van der Waals surface area contributed by atoms with Gasteiger partial charge in [0.2, 0.25) is 0 Å². The number of hydrazone groups is 1. The van der Waals surface area contributed by atoms with Crippen LogP contribution in [0.25, 0.3) is 0 Å². The van der Waals surface area contributed by atoms with Crippen molar-refractivity contribution in [3.63, 3.8) is 0 Å². The first-order valence-corrected chi connectivity index (χ1v) is 5.46. The van der Waals surface area contributed by atoms with Crippen LogP contribution in [-0.4, -0.2) is 42.2 Å². The highest BCUT2D eigenvalue weighted by Crippen LogP contribution is 2.13. The Balaban J connectivity index is 2.33. The van der Waals surface area contributed by atoms with Crippen molar-refractivity contribution in [2.24, 2.45) is 5.10 Å². The van der Waals surface area contributed by atoms with Crippen LogP contribution in [0.4, 0.5) is 4.79 Å². The Bertz CT molecular complexity index is 207. The molecule has 2 amide bonds. The summed E-state index contributed by atoms with van der Waals surface area (Å²) in [5.74, 6) is 2.24. The van der Waals surface area contributed by atoms with Gasteiger partial charge in [-0.3, -0.25) is 0 Å². The van der Waals surface area contributed by atoms with Gasteiger partial charge in [0, 0.05) is 19.8 Å². The number of hydrogen-bond acceptors (Lipinski definition) is 3. The predicted molar refractivity (Wildman–Crippen MR) is 56.2 cm³/mol. The maximum atomic E-state index is 11.1. The predicted octanol–water partition coefficient (Wildman–Crippen LogP) is 1.14. The van der Waals surface area contributed by atoms with E-state index in [9.17, 15) is 4.79 Å². The first-order chi connectivity index (χ1) is 6.20. The maximum Gasteiger partial charge on any atom is 0.337 e. The summed E-state index contributed by atoms with van der Waals surface area (Å²) >= 11 is 1.94. The van der Waals surface area contributed by atoms with Crippen LogP contribution in [-0.2, 0) is 0 Å². The molecule has 0 spiro atoms. The molecule has 1 heterocycles. The molecule has 0 bridgehead atoms. The van der Waals surface area contributed by atoms with Gasteiger partial charge in [-0.05, 0) is 24.3 Å². The molecule has 1 aliphatic rings. The molecule has 1 rings (SSSR count). The third-order valence-electron chi connectivity index (χ3n) is 1.79. The molecule has 74 valence electrons. The highest BCUT2D eigenvalue weighted by Gasteiger charge is 2.07. The van der Waals surface area contributed by atoms with E-state index in [4.69, 9.17) is 0 Å². The quantitative estimate of drug-likeness (QED) is 0.647. The van der Waals surface area contributed by atoms with Gasteiger partial charge in [0.25, 0.3) is 0 Å². The smallest absolute Gasteiger partial charge is 0.329 e. The monoisotopic (exact) mass is 201 g/mol. The van der Waals surface area contributed by atoms with Gasteiger partial charge in [0.1, 0.15) is 0 Å². The van der Waals surface area contributed by atoms with Crippen molar-refractivity contribution in [2.75, 3.05) is 25.6 Å². The van der Waals surface area contributed by atoms with Gasteiger partial charge < -0.3 is 4.90 Å². The number of nitrogens with zero attached hydrogens (tertiary/aromatic N) is 2. The van der Waals surface area contributed by atoms with Crippen LogP contribution in [0.3, 0.4) is 0 Å². The van der Waals surface area contributed by atoms with Gasteiger partial charge in [0.05, 0.1) is 0 Å². The summed E-state index contributed by atoms with van der Waals surface area (Å²) in [6.07, 6.45) is 2.00. The number of rotatable bonds is 1. The lowest BCUT2D eigenvalue weighted by atomic mass is 10.2. The Labute approximate surface area is 82.7 Å². The SMILES string of the molecule is CN(C)C(=O)NN=C1CCSCC1. The second-order valence-corrected chi connectivity index (χ2v) is 4.33. The van der Waals surface area contributed by atoms with Crippen LogP contribution in [0, 0.1) is 0 Å². The zero-order valence-corrected chi connectivity index (χ0v) is 8.86. The Hall–Kier alpha value is -0.710. The van der Waals surface area contributed by atoms with Crippen LogP contribution in [0.15, 0.2) is 5.10 Å². The standard InChI is InChI=1S/C8H15N3OS/c1-11(2)8(12)10-9-7-3-5-13-6-4-7/h3-6H2,1-2H3,(H,10,12). The molecule has 4 nitrogen and oxygen atoms in total. The Kier molecular flexibility index (Phi) is 4.08. The fourth-order valence-corrected chi connectivity index (χ4v) is 1.91. The van der Waals surface area contributed by atoms with E-state index in [1.165, 1.54) is 4.90 Å². The van der Waals surface area contributed by atoms with E-state index in [0.717, 1.165) is 30.1 Å². The average molecular weight is 201 g/mol. The van der Waals surface area contributed by atoms with Crippen LogP contribution in [0.2, 0.25) is 0 Å². The number of urea groups is 1. The highest BCUT2D eigenvalue weighted by molar-refractivity contribution is 7.99. The summed E-state index contributed by atoms with van der Waals surface area (Å²) in [6, 6.07) is -0.161. The van der Waals surface area contributed by atoms with E-state index in [-0.39, 0.29) is 6.03 Å². The number of carbonyl (C=O) groups excluding carboxylic acids is 1. The molecule has 13 heavy (non-hydrogen) atoms. The lowest BCUT2D eigenvalue weighted by Crippen LogP contribution is -2.32. The lowest BCUT2D eigenvalue weighted by Gasteiger charge is -2.13. The molecule has 5 heteroatoms. The van der Waals surface area contributed by atoms with E-state index < -0.39 is 0 Å². The number of amides is 2.